The largest absolute Gasteiger partial charge is 0.383 e. The summed E-state index contributed by atoms with van der Waals surface area (Å²) >= 11 is 0. The Morgan fingerprint density at radius 1 is 1.21 bits per heavy atom. The molecule has 1 atom stereocenters. The van der Waals surface area contributed by atoms with Crippen molar-refractivity contribution in [3.8, 4) is 0 Å². The molecule has 0 amide bonds. The maximum Gasteiger partial charge on any atom is 0.0376 e. The average Bonchev–Trinajstić information content (AvgIpc) is 2.89. The van der Waals surface area contributed by atoms with Crippen LogP contribution in [-0.2, 0) is 0 Å². The minimum Gasteiger partial charge on any atom is -0.383 e. The second kappa shape index (κ2) is 6.42. The second-order valence-corrected chi connectivity index (χ2v) is 6.33. The Bertz CT molecular complexity index is 404. The van der Waals surface area contributed by atoms with Crippen molar-refractivity contribution in [1.29, 1.82) is 0 Å². The Morgan fingerprint density at radius 3 is 2.58 bits per heavy atom. The predicted octanol–water partition coefficient (Wildman–Crippen LogP) is 4.10. The van der Waals surface area contributed by atoms with E-state index in [-0.39, 0.29) is 0 Å². The zero-order valence-electron chi connectivity index (χ0n) is 12.8. The molecule has 0 radical (unpaired) electrons. The van der Waals surface area contributed by atoms with Crippen LogP contribution in [-0.4, -0.2) is 19.1 Å². The molecule has 1 saturated heterocycles. The molecule has 2 rings (SSSR count). The van der Waals surface area contributed by atoms with Gasteiger partial charge in [0.25, 0.3) is 0 Å². The number of benzene rings is 1. The van der Waals surface area contributed by atoms with E-state index in [4.69, 9.17) is 0 Å². The van der Waals surface area contributed by atoms with E-state index in [1.807, 2.05) is 0 Å². The molecule has 0 saturated carbocycles. The van der Waals surface area contributed by atoms with Crippen LogP contribution in [0.5, 0.6) is 0 Å². The summed E-state index contributed by atoms with van der Waals surface area (Å²) in [5, 5.41) is 7.18. The lowest BCUT2D eigenvalue weighted by Gasteiger charge is -2.19. The van der Waals surface area contributed by atoms with Crippen LogP contribution in [0.2, 0.25) is 0 Å². The first-order valence-electron chi connectivity index (χ1n) is 7.69. The molecule has 2 N–H and O–H groups in total. The number of anilines is 1. The monoisotopic (exact) mass is 260 g/mol. The highest BCUT2D eigenvalue weighted by Crippen LogP contribution is 2.28. The van der Waals surface area contributed by atoms with Gasteiger partial charge in [0.15, 0.2) is 0 Å². The first-order chi connectivity index (χ1) is 9.08. The number of rotatable bonds is 5. The Labute approximate surface area is 118 Å². The molecule has 1 aromatic carbocycles. The number of nitrogens with one attached hydrogen (secondary N) is 2. The molecule has 2 nitrogen and oxygen atoms in total. The van der Waals surface area contributed by atoms with Gasteiger partial charge >= 0.3 is 0 Å². The van der Waals surface area contributed by atoms with Crippen LogP contribution < -0.4 is 10.6 Å². The minimum absolute atomic E-state index is 0.567. The molecule has 1 aromatic rings. The Balaban J connectivity index is 2.09. The molecule has 1 fully saturated rings. The lowest BCUT2D eigenvalue weighted by atomic mass is 9.94. The quantitative estimate of drug-likeness (QED) is 0.833. The molecule has 2 heteroatoms. The maximum atomic E-state index is 3.64. The van der Waals surface area contributed by atoms with Gasteiger partial charge in [-0.15, -0.1) is 0 Å². The van der Waals surface area contributed by atoms with E-state index in [2.05, 4.69) is 56.5 Å². The van der Waals surface area contributed by atoms with Gasteiger partial charge in [-0.05, 0) is 48.4 Å². The third-order valence-corrected chi connectivity index (χ3v) is 4.07. The summed E-state index contributed by atoms with van der Waals surface area (Å²) in [4.78, 5) is 0. The summed E-state index contributed by atoms with van der Waals surface area (Å²) < 4.78 is 0. The van der Waals surface area contributed by atoms with E-state index in [9.17, 15) is 0 Å². The van der Waals surface area contributed by atoms with Crippen molar-refractivity contribution in [3.63, 3.8) is 0 Å². The zero-order valence-corrected chi connectivity index (χ0v) is 12.8. The fourth-order valence-corrected chi connectivity index (χ4v) is 2.74. The molecule has 19 heavy (non-hydrogen) atoms. The van der Waals surface area contributed by atoms with Gasteiger partial charge in [0.1, 0.15) is 0 Å². The van der Waals surface area contributed by atoms with Crippen LogP contribution in [0, 0.1) is 0 Å². The van der Waals surface area contributed by atoms with Gasteiger partial charge in [-0.2, -0.15) is 0 Å². The molecule has 0 aromatic heterocycles. The lowest BCUT2D eigenvalue weighted by molar-refractivity contribution is 0.633. The highest BCUT2D eigenvalue weighted by molar-refractivity contribution is 5.54. The molecule has 1 unspecified atom stereocenters. The first-order valence-corrected chi connectivity index (χ1v) is 7.69. The molecule has 0 bridgehead atoms. The van der Waals surface area contributed by atoms with Crippen LogP contribution in [0.3, 0.4) is 0 Å². The summed E-state index contributed by atoms with van der Waals surface area (Å²) in [5.41, 5.74) is 4.20. The van der Waals surface area contributed by atoms with E-state index in [1.54, 1.807) is 0 Å². The molecule has 1 heterocycles. The molecular formula is C17H28N2. The Morgan fingerprint density at radius 2 is 2.00 bits per heavy atom. The van der Waals surface area contributed by atoms with Gasteiger partial charge in [0.05, 0.1) is 0 Å². The van der Waals surface area contributed by atoms with Gasteiger partial charge < -0.3 is 10.6 Å². The standard InChI is InChI=1S/C17H28N2/c1-12(2)14-7-8-17(16(10-14)13(3)4)19-11-15-6-5-9-18-15/h7-8,10,12-13,15,18-19H,5-6,9,11H2,1-4H3. The fourth-order valence-electron chi connectivity index (χ4n) is 2.74. The SMILES string of the molecule is CC(C)c1ccc(NCC2CCCN2)c(C(C)C)c1. The van der Waals surface area contributed by atoms with Gasteiger partial charge in [-0.1, -0.05) is 39.8 Å². The van der Waals surface area contributed by atoms with Crippen molar-refractivity contribution in [2.45, 2.75) is 58.4 Å². The summed E-state index contributed by atoms with van der Waals surface area (Å²) in [7, 11) is 0. The normalized spacial score (nSPS) is 19.4. The maximum absolute atomic E-state index is 3.64. The van der Waals surface area contributed by atoms with E-state index in [0.717, 1.165) is 6.54 Å². The van der Waals surface area contributed by atoms with Crippen molar-refractivity contribution in [2.24, 2.45) is 0 Å². The van der Waals surface area contributed by atoms with Gasteiger partial charge in [-0.25, -0.2) is 0 Å². The third-order valence-electron chi connectivity index (χ3n) is 4.07. The number of hydrogen-bond acceptors (Lipinski definition) is 2. The highest BCUT2D eigenvalue weighted by atomic mass is 15.0. The second-order valence-electron chi connectivity index (χ2n) is 6.33. The first kappa shape index (κ1) is 14.4. The van der Waals surface area contributed by atoms with Crippen LogP contribution in [0.1, 0.15) is 63.5 Å². The van der Waals surface area contributed by atoms with E-state index < -0.39 is 0 Å². The van der Waals surface area contributed by atoms with E-state index >= 15 is 0 Å². The van der Waals surface area contributed by atoms with Crippen molar-refractivity contribution in [3.05, 3.63) is 29.3 Å². The average molecular weight is 260 g/mol. The number of hydrogen-bond donors (Lipinski definition) is 2. The van der Waals surface area contributed by atoms with Crippen LogP contribution >= 0.6 is 0 Å². The van der Waals surface area contributed by atoms with Crippen molar-refractivity contribution >= 4 is 5.69 Å². The summed E-state index contributed by atoms with van der Waals surface area (Å²) in [6.07, 6.45) is 2.61. The lowest BCUT2D eigenvalue weighted by Crippen LogP contribution is -2.29. The van der Waals surface area contributed by atoms with Crippen LogP contribution in [0.25, 0.3) is 0 Å². The smallest absolute Gasteiger partial charge is 0.0376 e. The molecule has 0 aliphatic carbocycles. The Kier molecular flexibility index (Phi) is 4.87. The van der Waals surface area contributed by atoms with Crippen molar-refractivity contribution < 1.29 is 0 Å². The Hall–Kier alpha value is -1.02. The predicted molar refractivity (Wildman–Crippen MR) is 84.1 cm³/mol. The highest BCUT2D eigenvalue weighted by Gasteiger charge is 2.15. The van der Waals surface area contributed by atoms with Gasteiger partial charge in [0, 0.05) is 18.3 Å². The molecular weight excluding hydrogens is 232 g/mol. The van der Waals surface area contributed by atoms with Gasteiger partial charge in [-0.3, -0.25) is 0 Å². The molecule has 0 spiro atoms. The third kappa shape index (κ3) is 3.73. The topological polar surface area (TPSA) is 24.1 Å². The van der Waals surface area contributed by atoms with Crippen molar-refractivity contribution in [2.75, 3.05) is 18.4 Å². The van der Waals surface area contributed by atoms with Gasteiger partial charge in [0.2, 0.25) is 0 Å². The summed E-state index contributed by atoms with van der Waals surface area (Å²) in [5.74, 6) is 1.17. The fraction of sp³-hybridized carbons (Fsp3) is 0.647. The summed E-state index contributed by atoms with van der Waals surface area (Å²) in [6.45, 7) is 11.3. The van der Waals surface area contributed by atoms with E-state index in [0.29, 0.717) is 17.9 Å². The molecule has 1 aliphatic rings. The van der Waals surface area contributed by atoms with Crippen molar-refractivity contribution in [1.82, 2.24) is 5.32 Å². The molecule has 1 aliphatic heterocycles. The van der Waals surface area contributed by atoms with Crippen LogP contribution in [0.15, 0.2) is 18.2 Å². The molecule has 106 valence electrons. The van der Waals surface area contributed by atoms with Crippen LogP contribution in [0.4, 0.5) is 5.69 Å². The minimum atomic E-state index is 0.567. The zero-order chi connectivity index (χ0) is 13.8. The summed E-state index contributed by atoms with van der Waals surface area (Å²) in [6, 6.07) is 7.55. The van der Waals surface area contributed by atoms with E-state index in [1.165, 1.54) is 36.2 Å².